The zero-order valence-corrected chi connectivity index (χ0v) is 16.4. The van der Waals surface area contributed by atoms with Crippen LogP contribution in [-0.4, -0.2) is 10.6 Å². The first-order chi connectivity index (χ1) is 13.1. The summed E-state index contributed by atoms with van der Waals surface area (Å²) in [5.74, 6) is 4.07. The van der Waals surface area contributed by atoms with Crippen LogP contribution < -0.4 is 5.32 Å². The van der Waals surface area contributed by atoms with E-state index in [0.717, 1.165) is 47.3 Å². The first-order valence-corrected chi connectivity index (χ1v) is 11.0. The van der Waals surface area contributed by atoms with E-state index >= 15 is 0 Å². The van der Waals surface area contributed by atoms with E-state index in [1.807, 2.05) is 6.07 Å². The Hall–Kier alpha value is -1.54. The van der Waals surface area contributed by atoms with Crippen molar-refractivity contribution >= 4 is 5.57 Å². The third-order valence-electron chi connectivity index (χ3n) is 8.85. The van der Waals surface area contributed by atoms with E-state index in [9.17, 15) is 5.11 Å². The van der Waals surface area contributed by atoms with Gasteiger partial charge in [-0.1, -0.05) is 37.3 Å². The summed E-state index contributed by atoms with van der Waals surface area (Å²) >= 11 is 0. The summed E-state index contributed by atoms with van der Waals surface area (Å²) in [5, 5.41) is 14.6. The number of benzene rings is 1. The van der Waals surface area contributed by atoms with Gasteiger partial charge < -0.3 is 10.4 Å². The van der Waals surface area contributed by atoms with Gasteiger partial charge in [0.15, 0.2) is 0 Å². The molecular weight excluding hydrogens is 330 g/mol. The Morgan fingerprint density at radius 3 is 2.89 bits per heavy atom. The van der Waals surface area contributed by atoms with E-state index in [4.69, 9.17) is 0 Å². The number of phenols is 1. The van der Waals surface area contributed by atoms with Crippen molar-refractivity contribution in [1.29, 1.82) is 0 Å². The number of fused-ring (bicyclic) bond motifs is 2. The Bertz CT molecular complexity index is 850. The van der Waals surface area contributed by atoms with Crippen molar-refractivity contribution in [1.82, 2.24) is 5.32 Å². The molecule has 1 aromatic carbocycles. The molecule has 2 heteroatoms. The Kier molecular flexibility index (Phi) is 3.35. The molecule has 5 aliphatic rings. The van der Waals surface area contributed by atoms with Gasteiger partial charge in [0, 0.05) is 17.6 Å². The number of hydrogen-bond acceptors (Lipinski definition) is 2. The predicted octanol–water partition coefficient (Wildman–Crippen LogP) is 5.43. The standard InChI is InChI=1S/C25H31NO/c1-16-2-4-18(5-3-16)19-6-7-20(23(27)9-19)14-26-24-11-17-8-21-10-22(13-24)25(21,12-17)15-24/h2,4-7,9,16-17,21-22,26-27H,3,8,10-15H2,1H3. The first kappa shape index (κ1) is 16.4. The van der Waals surface area contributed by atoms with E-state index in [2.05, 4.69) is 42.6 Å². The highest BCUT2D eigenvalue weighted by Crippen LogP contribution is 2.76. The van der Waals surface area contributed by atoms with Crippen LogP contribution in [0, 0.1) is 29.1 Å². The minimum atomic E-state index is 0.356. The van der Waals surface area contributed by atoms with Gasteiger partial charge in [0.2, 0.25) is 0 Å². The molecular formula is C25H31NO. The lowest BCUT2D eigenvalue weighted by Crippen LogP contribution is -2.47. The smallest absolute Gasteiger partial charge is 0.120 e. The van der Waals surface area contributed by atoms with Gasteiger partial charge in [-0.3, -0.25) is 0 Å². The molecule has 142 valence electrons. The van der Waals surface area contributed by atoms with Gasteiger partial charge in [-0.05, 0) is 91.2 Å². The first-order valence-electron chi connectivity index (χ1n) is 11.0. The summed E-state index contributed by atoms with van der Waals surface area (Å²) in [6.07, 6.45) is 16.5. The van der Waals surface area contributed by atoms with E-state index < -0.39 is 0 Å². The Morgan fingerprint density at radius 1 is 1.15 bits per heavy atom. The SMILES string of the molecule is CC1C=CC(c2ccc(CNC34CC5CC6CC(C3)C6(C5)C4)c(O)c2)=CC1. The molecule has 6 unspecified atom stereocenters. The third kappa shape index (κ3) is 2.35. The molecule has 2 N–H and O–H groups in total. The quantitative estimate of drug-likeness (QED) is 0.749. The molecule has 0 amide bonds. The predicted molar refractivity (Wildman–Crippen MR) is 109 cm³/mol. The summed E-state index contributed by atoms with van der Waals surface area (Å²) in [6, 6.07) is 6.26. The molecule has 2 nitrogen and oxygen atoms in total. The van der Waals surface area contributed by atoms with Crippen LogP contribution in [0.4, 0.5) is 0 Å². The van der Waals surface area contributed by atoms with Crippen LogP contribution in [0.2, 0.25) is 0 Å². The zero-order chi connectivity index (χ0) is 18.2. The molecule has 0 radical (unpaired) electrons. The van der Waals surface area contributed by atoms with Crippen molar-refractivity contribution in [2.75, 3.05) is 0 Å². The van der Waals surface area contributed by atoms with Crippen LogP contribution in [0.5, 0.6) is 5.75 Å². The minimum absolute atomic E-state index is 0.356. The summed E-state index contributed by atoms with van der Waals surface area (Å²) < 4.78 is 0. The number of nitrogens with one attached hydrogen (secondary N) is 1. The van der Waals surface area contributed by atoms with Crippen molar-refractivity contribution < 1.29 is 5.11 Å². The van der Waals surface area contributed by atoms with Crippen molar-refractivity contribution in [3.05, 3.63) is 47.6 Å². The second-order valence-corrected chi connectivity index (χ2v) is 10.5. The minimum Gasteiger partial charge on any atom is -0.508 e. The average Bonchev–Trinajstić information content (AvgIpc) is 2.97. The molecule has 6 rings (SSSR count). The molecule has 4 fully saturated rings. The zero-order valence-electron chi connectivity index (χ0n) is 16.4. The average molecular weight is 362 g/mol. The number of aromatic hydroxyl groups is 1. The molecule has 0 aliphatic heterocycles. The highest BCUT2D eigenvalue weighted by molar-refractivity contribution is 5.75. The van der Waals surface area contributed by atoms with Crippen LogP contribution >= 0.6 is 0 Å². The highest BCUT2D eigenvalue weighted by Gasteiger charge is 2.70. The van der Waals surface area contributed by atoms with Crippen molar-refractivity contribution in [3.8, 4) is 5.75 Å². The van der Waals surface area contributed by atoms with Crippen molar-refractivity contribution in [3.63, 3.8) is 0 Å². The van der Waals surface area contributed by atoms with Gasteiger partial charge in [-0.25, -0.2) is 0 Å². The number of rotatable bonds is 4. The number of phenolic OH excluding ortho intramolecular Hbond substituents is 1. The van der Waals surface area contributed by atoms with E-state index in [1.54, 1.807) is 0 Å². The molecule has 5 aliphatic carbocycles. The second-order valence-electron chi connectivity index (χ2n) is 10.5. The summed E-state index contributed by atoms with van der Waals surface area (Å²) in [7, 11) is 0. The fourth-order valence-corrected chi connectivity index (χ4v) is 7.68. The third-order valence-corrected chi connectivity index (χ3v) is 8.85. The van der Waals surface area contributed by atoms with E-state index in [0.29, 0.717) is 17.2 Å². The fraction of sp³-hybridized carbons (Fsp3) is 0.600. The molecule has 6 atom stereocenters. The van der Waals surface area contributed by atoms with E-state index in [1.165, 1.54) is 44.1 Å². The Morgan fingerprint density at radius 2 is 2.07 bits per heavy atom. The van der Waals surface area contributed by atoms with Crippen LogP contribution in [0.3, 0.4) is 0 Å². The second kappa shape index (κ2) is 5.50. The van der Waals surface area contributed by atoms with Crippen LogP contribution in [0.25, 0.3) is 5.57 Å². The van der Waals surface area contributed by atoms with Crippen LogP contribution in [0.15, 0.2) is 36.4 Å². The lowest BCUT2D eigenvalue weighted by molar-refractivity contribution is -0.000833. The molecule has 0 heterocycles. The molecule has 1 spiro atoms. The van der Waals surface area contributed by atoms with Gasteiger partial charge in [-0.2, -0.15) is 0 Å². The van der Waals surface area contributed by atoms with Crippen molar-refractivity contribution in [2.45, 2.75) is 64.0 Å². The topological polar surface area (TPSA) is 32.3 Å². The van der Waals surface area contributed by atoms with Crippen LogP contribution in [0.1, 0.15) is 63.0 Å². The van der Waals surface area contributed by atoms with Gasteiger partial charge in [0.05, 0.1) is 0 Å². The monoisotopic (exact) mass is 361 g/mol. The lowest BCUT2D eigenvalue weighted by Gasteiger charge is -2.49. The summed E-state index contributed by atoms with van der Waals surface area (Å²) in [5.41, 5.74) is 4.50. The van der Waals surface area contributed by atoms with Gasteiger partial charge in [0.25, 0.3) is 0 Å². The molecule has 27 heavy (non-hydrogen) atoms. The van der Waals surface area contributed by atoms with Gasteiger partial charge in [0.1, 0.15) is 5.75 Å². The van der Waals surface area contributed by atoms with Crippen LogP contribution in [-0.2, 0) is 6.54 Å². The van der Waals surface area contributed by atoms with E-state index in [-0.39, 0.29) is 0 Å². The Labute approximate surface area is 162 Å². The number of allylic oxidation sites excluding steroid dienone is 4. The fourth-order valence-electron chi connectivity index (χ4n) is 7.68. The normalized spacial score (nSPS) is 43.5. The van der Waals surface area contributed by atoms with Crippen molar-refractivity contribution in [2.24, 2.45) is 29.1 Å². The largest absolute Gasteiger partial charge is 0.508 e. The molecule has 4 saturated carbocycles. The number of hydrogen-bond donors (Lipinski definition) is 2. The summed E-state index contributed by atoms with van der Waals surface area (Å²) in [6.45, 7) is 3.04. The van der Waals surface area contributed by atoms with Gasteiger partial charge >= 0.3 is 0 Å². The molecule has 1 aromatic rings. The molecule has 0 saturated heterocycles. The molecule has 3 bridgehead atoms. The maximum Gasteiger partial charge on any atom is 0.120 e. The Balaban J connectivity index is 1.18. The maximum absolute atomic E-state index is 10.7. The van der Waals surface area contributed by atoms with Gasteiger partial charge in [-0.15, -0.1) is 0 Å². The lowest BCUT2D eigenvalue weighted by atomic mass is 9.56. The highest BCUT2D eigenvalue weighted by atomic mass is 16.3. The maximum atomic E-state index is 10.7. The molecule has 0 aromatic heterocycles. The summed E-state index contributed by atoms with van der Waals surface area (Å²) in [4.78, 5) is 0.